The van der Waals surface area contributed by atoms with Crippen LogP contribution in [0.1, 0.15) is 39.4 Å². The Hall–Kier alpha value is -2.99. The quantitative estimate of drug-likeness (QED) is 0.549. The minimum Gasteiger partial charge on any atom is -0.497 e. The van der Waals surface area contributed by atoms with E-state index in [1.165, 1.54) is 20.9 Å². The normalized spacial score (nSPS) is 15.4. The fourth-order valence-electron chi connectivity index (χ4n) is 4.38. The topological polar surface area (TPSA) is 50.8 Å². The van der Waals surface area contributed by atoms with Crippen molar-refractivity contribution >= 4 is 23.1 Å². The number of benzene rings is 2. The number of carbonyl (C=O) groups excluding carboxylic acids is 1. The van der Waals surface area contributed by atoms with Crippen molar-refractivity contribution in [2.75, 3.05) is 26.1 Å². The van der Waals surface area contributed by atoms with Crippen molar-refractivity contribution < 1.29 is 14.3 Å². The van der Waals surface area contributed by atoms with Crippen LogP contribution in [0.15, 0.2) is 48.5 Å². The second-order valence-corrected chi connectivity index (χ2v) is 8.84. The molecule has 1 aromatic heterocycles. The Balaban J connectivity index is 1.73. The van der Waals surface area contributed by atoms with Gasteiger partial charge in [-0.3, -0.25) is 0 Å². The number of anilines is 1. The fourth-order valence-corrected chi connectivity index (χ4v) is 5.82. The highest BCUT2D eigenvalue weighted by Crippen LogP contribution is 2.43. The number of nitrogens with one attached hydrogen (secondary N) is 1. The Morgan fingerprint density at radius 1 is 1.13 bits per heavy atom. The van der Waals surface area contributed by atoms with E-state index in [1.54, 1.807) is 14.2 Å². The van der Waals surface area contributed by atoms with Crippen LogP contribution in [-0.4, -0.2) is 31.7 Å². The summed E-state index contributed by atoms with van der Waals surface area (Å²) in [5.74, 6) is 1.45. The molecule has 2 aromatic carbocycles. The lowest BCUT2D eigenvalue weighted by Gasteiger charge is -2.36. The molecule has 0 aliphatic carbocycles. The first-order valence-corrected chi connectivity index (χ1v) is 11.3. The van der Waals surface area contributed by atoms with Crippen molar-refractivity contribution in [2.24, 2.45) is 0 Å². The first kappa shape index (κ1) is 21.2. The van der Waals surface area contributed by atoms with Gasteiger partial charge in [0.1, 0.15) is 11.5 Å². The first-order valence-electron chi connectivity index (χ1n) is 10.5. The van der Waals surface area contributed by atoms with E-state index in [-0.39, 0.29) is 12.1 Å². The number of hydrogen-bond acceptors (Lipinski definition) is 4. The number of hydrogen-bond donors (Lipinski definition) is 1. The summed E-state index contributed by atoms with van der Waals surface area (Å²) in [6, 6.07) is 15.3. The van der Waals surface area contributed by atoms with Crippen LogP contribution in [0, 0.1) is 6.92 Å². The molecule has 0 fully saturated rings. The van der Waals surface area contributed by atoms with Crippen LogP contribution >= 0.6 is 11.3 Å². The number of ether oxygens (including phenoxy) is 2. The number of thiophene rings is 1. The fraction of sp³-hybridized carbons (Fsp3) is 0.320. The molecule has 3 aromatic rings. The van der Waals surface area contributed by atoms with E-state index in [0.717, 1.165) is 24.2 Å². The molecule has 2 amide bonds. The number of fused-ring (bicyclic) bond motifs is 1. The number of carbonyl (C=O) groups is 1. The van der Waals surface area contributed by atoms with E-state index in [1.807, 2.05) is 52.6 Å². The van der Waals surface area contributed by atoms with Crippen molar-refractivity contribution in [2.45, 2.75) is 32.7 Å². The molecule has 1 atom stereocenters. The highest BCUT2D eigenvalue weighted by atomic mass is 32.1. The number of urea groups is 1. The van der Waals surface area contributed by atoms with Crippen molar-refractivity contribution in [3.8, 4) is 11.5 Å². The minimum absolute atomic E-state index is 0.125. The molecular formula is C25H28N2O3S. The van der Waals surface area contributed by atoms with Crippen LogP contribution in [0.4, 0.5) is 10.5 Å². The first-order chi connectivity index (χ1) is 15.1. The number of methoxy groups -OCH3 is 2. The Morgan fingerprint density at radius 2 is 1.87 bits per heavy atom. The molecule has 0 radical (unpaired) electrons. The van der Waals surface area contributed by atoms with E-state index in [0.29, 0.717) is 18.0 Å². The largest absolute Gasteiger partial charge is 0.497 e. The average Bonchev–Trinajstić information content (AvgIpc) is 3.13. The summed E-state index contributed by atoms with van der Waals surface area (Å²) in [6.07, 6.45) is 1.88. The maximum atomic E-state index is 13.5. The summed E-state index contributed by atoms with van der Waals surface area (Å²) in [4.78, 5) is 18.0. The SMILES string of the molecule is CCc1c(C)sc2c1CCN(C(=O)Nc1ccccc1OC)C2c1ccc(OC)cc1. The van der Waals surface area contributed by atoms with Gasteiger partial charge in [0.05, 0.1) is 25.9 Å². The van der Waals surface area contributed by atoms with Gasteiger partial charge in [-0.25, -0.2) is 4.79 Å². The van der Waals surface area contributed by atoms with Gasteiger partial charge < -0.3 is 19.7 Å². The molecular weight excluding hydrogens is 408 g/mol. The highest BCUT2D eigenvalue weighted by Gasteiger charge is 2.35. The van der Waals surface area contributed by atoms with Crippen LogP contribution in [0.5, 0.6) is 11.5 Å². The van der Waals surface area contributed by atoms with Crippen LogP contribution in [0.2, 0.25) is 0 Å². The van der Waals surface area contributed by atoms with Crippen molar-refractivity contribution in [1.29, 1.82) is 0 Å². The van der Waals surface area contributed by atoms with E-state index >= 15 is 0 Å². The molecule has 1 N–H and O–H groups in total. The van der Waals surface area contributed by atoms with E-state index in [2.05, 4.69) is 31.3 Å². The maximum Gasteiger partial charge on any atom is 0.322 e. The van der Waals surface area contributed by atoms with Gasteiger partial charge in [0.2, 0.25) is 0 Å². The van der Waals surface area contributed by atoms with Crippen molar-refractivity contribution in [1.82, 2.24) is 4.90 Å². The molecule has 1 unspecified atom stereocenters. The summed E-state index contributed by atoms with van der Waals surface area (Å²) in [6.45, 7) is 5.05. The zero-order chi connectivity index (χ0) is 22.0. The molecule has 1 aliphatic heterocycles. The zero-order valence-corrected chi connectivity index (χ0v) is 19.2. The van der Waals surface area contributed by atoms with Crippen LogP contribution in [0.25, 0.3) is 0 Å². The predicted molar refractivity (Wildman–Crippen MR) is 126 cm³/mol. The van der Waals surface area contributed by atoms with Crippen molar-refractivity contribution in [3.63, 3.8) is 0 Å². The number of nitrogens with zero attached hydrogens (tertiary/aromatic N) is 1. The van der Waals surface area contributed by atoms with Gasteiger partial charge >= 0.3 is 6.03 Å². The summed E-state index contributed by atoms with van der Waals surface area (Å²) >= 11 is 1.81. The molecule has 6 heteroatoms. The van der Waals surface area contributed by atoms with Gasteiger partial charge in [-0.05, 0) is 60.7 Å². The van der Waals surface area contributed by atoms with Gasteiger partial charge in [0.15, 0.2) is 0 Å². The minimum atomic E-state index is -0.131. The third kappa shape index (κ3) is 4.00. The highest BCUT2D eigenvalue weighted by molar-refractivity contribution is 7.12. The molecule has 0 saturated heterocycles. The summed E-state index contributed by atoms with van der Waals surface area (Å²) < 4.78 is 10.8. The van der Waals surface area contributed by atoms with Gasteiger partial charge in [-0.15, -0.1) is 11.3 Å². The molecule has 0 bridgehead atoms. The lowest BCUT2D eigenvalue weighted by atomic mass is 9.92. The van der Waals surface area contributed by atoms with Crippen molar-refractivity contribution in [3.05, 3.63) is 75.0 Å². The monoisotopic (exact) mass is 436 g/mol. The maximum absolute atomic E-state index is 13.5. The number of aryl methyl sites for hydroxylation is 1. The second-order valence-electron chi connectivity index (χ2n) is 7.58. The summed E-state index contributed by atoms with van der Waals surface area (Å²) in [5, 5.41) is 3.06. The summed E-state index contributed by atoms with van der Waals surface area (Å²) in [5.41, 5.74) is 4.60. The molecule has 162 valence electrons. The third-order valence-electron chi connectivity index (χ3n) is 5.91. The Bertz CT molecular complexity index is 1070. The molecule has 31 heavy (non-hydrogen) atoms. The lowest BCUT2D eigenvalue weighted by molar-refractivity contribution is 0.195. The van der Waals surface area contributed by atoms with Gasteiger partial charge in [0.25, 0.3) is 0 Å². The van der Waals surface area contributed by atoms with E-state index in [4.69, 9.17) is 9.47 Å². The van der Waals surface area contributed by atoms with Crippen LogP contribution in [0.3, 0.4) is 0 Å². The predicted octanol–water partition coefficient (Wildman–Crippen LogP) is 5.82. The van der Waals surface area contributed by atoms with E-state index in [9.17, 15) is 4.79 Å². The molecule has 5 nitrogen and oxygen atoms in total. The molecule has 0 spiro atoms. The summed E-state index contributed by atoms with van der Waals surface area (Å²) in [7, 11) is 3.27. The lowest BCUT2D eigenvalue weighted by Crippen LogP contribution is -2.42. The van der Waals surface area contributed by atoms with Gasteiger partial charge in [-0.1, -0.05) is 31.2 Å². The second kappa shape index (κ2) is 9.02. The molecule has 0 saturated carbocycles. The average molecular weight is 437 g/mol. The van der Waals surface area contributed by atoms with E-state index < -0.39 is 0 Å². The molecule has 4 rings (SSSR count). The number of rotatable bonds is 5. The smallest absolute Gasteiger partial charge is 0.322 e. The molecule has 2 heterocycles. The number of amides is 2. The Labute approximate surface area is 187 Å². The molecule has 1 aliphatic rings. The zero-order valence-electron chi connectivity index (χ0n) is 18.4. The van der Waals surface area contributed by atoms with Crippen LogP contribution in [-0.2, 0) is 12.8 Å². The number of para-hydroxylation sites is 2. The standard InChI is InChI=1S/C25H28N2O3S/c1-5-19-16(2)31-24-20(19)14-15-27(23(24)17-10-12-18(29-3)13-11-17)25(28)26-21-8-6-7-9-22(21)30-4/h6-13,23H,5,14-15H2,1-4H3,(H,26,28). The van der Waals surface area contributed by atoms with Gasteiger partial charge in [-0.2, -0.15) is 0 Å². The van der Waals surface area contributed by atoms with Gasteiger partial charge in [0, 0.05) is 16.3 Å². The Kier molecular flexibility index (Phi) is 6.18. The van der Waals surface area contributed by atoms with Crippen LogP contribution < -0.4 is 14.8 Å². The third-order valence-corrected chi connectivity index (χ3v) is 7.15. The Morgan fingerprint density at radius 3 is 2.55 bits per heavy atom.